The van der Waals surface area contributed by atoms with E-state index in [-0.39, 0.29) is 12.1 Å². The van der Waals surface area contributed by atoms with Crippen LogP contribution in [-0.4, -0.2) is 42.8 Å². The first-order chi connectivity index (χ1) is 8.72. The summed E-state index contributed by atoms with van der Waals surface area (Å²) in [6.45, 7) is 3.10. The number of hydrogen-bond acceptors (Lipinski definition) is 4. The first-order valence-corrected chi connectivity index (χ1v) is 8.19. The predicted molar refractivity (Wildman–Crippen MR) is 78.0 cm³/mol. The SMILES string of the molecule is NC(Cc1ccc(Br)s1)C1CN2CCCC2CO1. The van der Waals surface area contributed by atoms with Crippen LogP contribution in [0.25, 0.3) is 0 Å². The Hall–Kier alpha value is 0.0600. The minimum Gasteiger partial charge on any atom is -0.374 e. The molecule has 0 aromatic carbocycles. The largest absolute Gasteiger partial charge is 0.374 e. The minimum atomic E-state index is 0.108. The summed E-state index contributed by atoms with van der Waals surface area (Å²) in [5.41, 5.74) is 6.31. The van der Waals surface area contributed by atoms with E-state index >= 15 is 0 Å². The van der Waals surface area contributed by atoms with Gasteiger partial charge in [-0.25, -0.2) is 0 Å². The van der Waals surface area contributed by atoms with E-state index in [1.54, 1.807) is 11.3 Å². The zero-order chi connectivity index (χ0) is 12.5. The van der Waals surface area contributed by atoms with Gasteiger partial charge in [-0.2, -0.15) is 0 Å². The van der Waals surface area contributed by atoms with E-state index in [4.69, 9.17) is 10.5 Å². The van der Waals surface area contributed by atoms with Gasteiger partial charge in [0.15, 0.2) is 0 Å². The molecule has 2 N–H and O–H groups in total. The van der Waals surface area contributed by atoms with Crippen molar-refractivity contribution >= 4 is 27.3 Å². The summed E-state index contributed by atoms with van der Waals surface area (Å²) in [4.78, 5) is 3.89. The van der Waals surface area contributed by atoms with E-state index in [2.05, 4.69) is 33.0 Å². The Morgan fingerprint density at radius 2 is 2.44 bits per heavy atom. The maximum Gasteiger partial charge on any atom is 0.0856 e. The van der Waals surface area contributed by atoms with Crippen molar-refractivity contribution in [2.24, 2.45) is 5.73 Å². The van der Waals surface area contributed by atoms with Crippen molar-refractivity contribution in [3.8, 4) is 0 Å². The van der Waals surface area contributed by atoms with Gasteiger partial charge in [0.1, 0.15) is 0 Å². The molecule has 1 aromatic heterocycles. The van der Waals surface area contributed by atoms with Gasteiger partial charge >= 0.3 is 0 Å². The van der Waals surface area contributed by atoms with Crippen LogP contribution in [0.15, 0.2) is 15.9 Å². The van der Waals surface area contributed by atoms with Crippen LogP contribution in [0.5, 0.6) is 0 Å². The molecule has 3 unspecified atom stereocenters. The van der Waals surface area contributed by atoms with E-state index in [1.807, 2.05) is 0 Å². The van der Waals surface area contributed by atoms with E-state index in [0.717, 1.165) is 19.6 Å². The quantitative estimate of drug-likeness (QED) is 0.923. The molecule has 2 fully saturated rings. The molecule has 100 valence electrons. The number of halogens is 1. The molecule has 18 heavy (non-hydrogen) atoms. The molecular weight excluding hydrogens is 312 g/mol. The maximum absolute atomic E-state index is 6.31. The number of rotatable bonds is 3. The number of morpholine rings is 1. The summed E-state index contributed by atoms with van der Waals surface area (Å²) in [5.74, 6) is 0. The molecule has 0 aliphatic carbocycles. The Kier molecular flexibility index (Phi) is 4.06. The first-order valence-electron chi connectivity index (χ1n) is 6.58. The van der Waals surface area contributed by atoms with Gasteiger partial charge in [-0.1, -0.05) is 0 Å². The molecule has 0 radical (unpaired) electrons. The van der Waals surface area contributed by atoms with Crippen LogP contribution in [0.2, 0.25) is 0 Å². The number of nitrogens with zero attached hydrogens (tertiary/aromatic N) is 1. The second-order valence-corrected chi connectivity index (χ2v) is 7.78. The van der Waals surface area contributed by atoms with Crippen LogP contribution in [0.4, 0.5) is 0 Å². The summed E-state index contributed by atoms with van der Waals surface area (Å²) in [5, 5.41) is 0. The molecule has 5 heteroatoms. The molecule has 3 atom stereocenters. The van der Waals surface area contributed by atoms with E-state index in [9.17, 15) is 0 Å². The molecular formula is C13H19BrN2OS. The highest BCUT2D eigenvalue weighted by atomic mass is 79.9. The zero-order valence-corrected chi connectivity index (χ0v) is 12.8. The highest BCUT2D eigenvalue weighted by molar-refractivity contribution is 9.11. The zero-order valence-electron chi connectivity index (χ0n) is 10.3. The molecule has 3 nitrogen and oxygen atoms in total. The second-order valence-electron chi connectivity index (χ2n) is 5.24. The number of nitrogens with two attached hydrogens (primary N) is 1. The third-order valence-corrected chi connectivity index (χ3v) is 5.61. The fourth-order valence-corrected chi connectivity index (χ4v) is 4.48. The number of fused-ring (bicyclic) bond motifs is 1. The lowest BCUT2D eigenvalue weighted by molar-refractivity contribution is -0.0588. The Morgan fingerprint density at radius 1 is 1.56 bits per heavy atom. The van der Waals surface area contributed by atoms with Crippen LogP contribution >= 0.6 is 27.3 Å². The molecule has 2 aliphatic heterocycles. The summed E-state index contributed by atoms with van der Waals surface area (Å²) in [7, 11) is 0. The fraction of sp³-hybridized carbons (Fsp3) is 0.692. The summed E-state index contributed by atoms with van der Waals surface area (Å²) in [6, 6.07) is 5.00. The third-order valence-electron chi connectivity index (χ3n) is 3.96. The van der Waals surface area contributed by atoms with Crippen molar-refractivity contribution in [3.63, 3.8) is 0 Å². The summed E-state index contributed by atoms with van der Waals surface area (Å²) in [6.07, 6.45) is 3.72. The summed E-state index contributed by atoms with van der Waals surface area (Å²) < 4.78 is 7.13. The highest BCUT2D eigenvalue weighted by Crippen LogP contribution is 2.26. The van der Waals surface area contributed by atoms with Crippen molar-refractivity contribution in [2.45, 2.75) is 37.5 Å². The molecule has 2 aliphatic rings. The topological polar surface area (TPSA) is 38.5 Å². The molecule has 0 saturated carbocycles. The Morgan fingerprint density at radius 3 is 3.22 bits per heavy atom. The average molecular weight is 331 g/mol. The van der Waals surface area contributed by atoms with Gasteiger partial charge in [0.2, 0.25) is 0 Å². The standard InChI is InChI=1S/C13H19BrN2OS/c14-13-4-3-10(18-13)6-11(15)12-7-16-5-1-2-9(16)8-17-12/h3-4,9,11-12H,1-2,5-8,15H2. The van der Waals surface area contributed by atoms with Gasteiger partial charge in [-0.15, -0.1) is 11.3 Å². The maximum atomic E-state index is 6.31. The molecule has 0 spiro atoms. The lowest BCUT2D eigenvalue weighted by Crippen LogP contribution is -2.53. The predicted octanol–water partition coefficient (Wildman–Crippen LogP) is 2.24. The lowest BCUT2D eigenvalue weighted by Gasteiger charge is -2.37. The number of hydrogen-bond donors (Lipinski definition) is 1. The van der Waals surface area contributed by atoms with Gasteiger partial charge in [0.25, 0.3) is 0 Å². The van der Waals surface area contributed by atoms with Crippen LogP contribution in [0.3, 0.4) is 0 Å². The third kappa shape index (κ3) is 2.80. The normalized spacial score (nSPS) is 30.3. The lowest BCUT2D eigenvalue weighted by atomic mass is 10.0. The molecule has 3 rings (SSSR count). The van der Waals surface area contributed by atoms with Gasteiger partial charge in [0, 0.05) is 23.5 Å². The van der Waals surface area contributed by atoms with E-state index < -0.39 is 0 Å². The molecule has 3 heterocycles. The number of thiophene rings is 1. The molecule has 2 saturated heterocycles. The Labute approximate surface area is 120 Å². The van der Waals surface area contributed by atoms with Crippen LogP contribution in [-0.2, 0) is 11.2 Å². The van der Waals surface area contributed by atoms with Crippen molar-refractivity contribution < 1.29 is 4.74 Å². The smallest absolute Gasteiger partial charge is 0.0856 e. The summed E-state index contributed by atoms with van der Waals surface area (Å²) >= 11 is 5.26. The number of ether oxygens (including phenoxy) is 1. The van der Waals surface area contributed by atoms with Crippen molar-refractivity contribution in [1.82, 2.24) is 4.90 Å². The fourth-order valence-electron chi connectivity index (χ4n) is 2.93. The van der Waals surface area contributed by atoms with Gasteiger partial charge in [-0.3, -0.25) is 4.90 Å². The Bertz CT molecular complexity index is 411. The van der Waals surface area contributed by atoms with Crippen molar-refractivity contribution in [3.05, 3.63) is 20.8 Å². The molecule has 0 bridgehead atoms. The highest BCUT2D eigenvalue weighted by Gasteiger charge is 2.34. The Balaban J connectivity index is 1.57. The second kappa shape index (κ2) is 5.59. The van der Waals surface area contributed by atoms with E-state index in [1.165, 1.54) is 28.0 Å². The van der Waals surface area contributed by atoms with Gasteiger partial charge < -0.3 is 10.5 Å². The van der Waals surface area contributed by atoms with Gasteiger partial charge in [0.05, 0.1) is 16.5 Å². The molecule has 1 aromatic rings. The first kappa shape index (κ1) is 13.1. The minimum absolute atomic E-state index is 0.108. The average Bonchev–Trinajstić information content (AvgIpc) is 2.96. The van der Waals surface area contributed by atoms with E-state index in [0.29, 0.717) is 6.04 Å². The molecule has 0 amide bonds. The van der Waals surface area contributed by atoms with Gasteiger partial charge in [-0.05, 0) is 53.9 Å². The van der Waals surface area contributed by atoms with Crippen molar-refractivity contribution in [2.75, 3.05) is 19.7 Å². The monoisotopic (exact) mass is 330 g/mol. The van der Waals surface area contributed by atoms with Crippen LogP contribution in [0.1, 0.15) is 17.7 Å². The van der Waals surface area contributed by atoms with Crippen LogP contribution in [0, 0.1) is 0 Å². The van der Waals surface area contributed by atoms with Crippen molar-refractivity contribution in [1.29, 1.82) is 0 Å². The van der Waals surface area contributed by atoms with Crippen LogP contribution < -0.4 is 5.73 Å².